The summed E-state index contributed by atoms with van der Waals surface area (Å²) >= 11 is 0. The van der Waals surface area contributed by atoms with Gasteiger partial charge in [-0.3, -0.25) is 4.79 Å². The van der Waals surface area contributed by atoms with E-state index in [0.29, 0.717) is 30.2 Å². The second-order valence-corrected chi connectivity index (χ2v) is 10.0. The van der Waals surface area contributed by atoms with E-state index in [1.54, 1.807) is 17.8 Å². The molecular formula is C20H28N6O3S. The number of piperidine rings is 2. The molecule has 9 nitrogen and oxygen atoms in total. The fourth-order valence-electron chi connectivity index (χ4n) is 4.18. The molecule has 2 aromatic rings. The van der Waals surface area contributed by atoms with Gasteiger partial charge in [-0.15, -0.1) is 0 Å². The number of hydrogen-bond acceptors (Lipinski definition) is 6. The van der Waals surface area contributed by atoms with E-state index in [-0.39, 0.29) is 16.9 Å². The maximum atomic E-state index is 12.9. The highest BCUT2D eigenvalue weighted by Crippen LogP contribution is 2.28. The first-order valence-corrected chi connectivity index (χ1v) is 11.9. The van der Waals surface area contributed by atoms with E-state index in [9.17, 15) is 13.2 Å². The van der Waals surface area contributed by atoms with Crippen molar-refractivity contribution in [1.82, 2.24) is 28.7 Å². The highest BCUT2D eigenvalue weighted by atomic mass is 32.2. The molecule has 1 unspecified atom stereocenters. The van der Waals surface area contributed by atoms with E-state index in [1.807, 2.05) is 11.8 Å². The molecule has 10 heteroatoms. The van der Waals surface area contributed by atoms with Gasteiger partial charge in [0.15, 0.2) is 5.03 Å². The largest absolute Gasteiger partial charge is 0.339 e. The monoisotopic (exact) mass is 432 g/mol. The Morgan fingerprint density at radius 2 is 1.87 bits per heavy atom. The summed E-state index contributed by atoms with van der Waals surface area (Å²) in [5.41, 5.74) is 1.19. The number of aromatic nitrogens is 4. The van der Waals surface area contributed by atoms with Crippen LogP contribution >= 0.6 is 0 Å². The zero-order valence-corrected chi connectivity index (χ0v) is 18.3. The van der Waals surface area contributed by atoms with Gasteiger partial charge < -0.3 is 9.47 Å². The van der Waals surface area contributed by atoms with Crippen LogP contribution in [0.2, 0.25) is 0 Å². The Labute approximate surface area is 177 Å². The zero-order valence-electron chi connectivity index (χ0n) is 17.5. The third-order valence-corrected chi connectivity index (χ3v) is 7.66. The number of likely N-dealkylation sites (tertiary alicyclic amines) is 1. The van der Waals surface area contributed by atoms with Gasteiger partial charge in [0.25, 0.3) is 15.9 Å². The molecule has 0 bridgehead atoms. The Hall–Kier alpha value is -2.33. The summed E-state index contributed by atoms with van der Waals surface area (Å²) in [6.45, 7) is 4.16. The maximum Gasteiger partial charge on any atom is 0.262 e. The van der Waals surface area contributed by atoms with Crippen LogP contribution in [0.1, 0.15) is 59.9 Å². The minimum Gasteiger partial charge on any atom is -0.339 e. The van der Waals surface area contributed by atoms with Gasteiger partial charge >= 0.3 is 0 Å². The normalized spacial score (nSPS) is 21.0. The fraction of sp³-hybridized carbons (Fsp3) is 0.600. The first-order chi connectivity index (χ1) is 14.4. The van der Waals surface area contributed by atoms with Crippen molar-refractivity contribution in [2.45, 2.75) is 50.0 Å². The number of rotatable bonds is 4. The highest BCUT2D eigenvalue weighted by molar-refractivity contribution is 7.89. The van der Waals surface area contributed by atoms with E-state index < -0.39 is 10.0 Å². The first kappa shape index (κ1) is 20.9. The molecule has 2 aromatic heterocycles. The van der Waals surface area contributed by atoms with E-state index in [2.05, 4.69) is 15.0 Å². The van der Waals surface area contributed by atoms with Gasteiger partial charge in [-0.25, -0.2) is 23.4 Å². The predicted octanol–water partition coefficient (Wildman–Crippen LogP) is 1.71. The Bertz CT molecular complexity index is 1030. The van der Waals surface area contributed by atoms with Gasteiger partial charge in [0.1, 0.15) is 5.82 Å². The number of carbonyl (C=O) groups is 1. The third kappa shape index (κ3) is 4.11. The lowest BCUT2D eigenvalue weighted by atomic mass is 9.98. The topological polar surface area (TPSA) is 101 Å². The molecule has 0 radical (unpaired) electrons. The summed E-state index contributed by atoms with van der Waals surface area (Å²) in [5, 5.41) is 0.0604. The van der Waals surface area contributed by atoms with Crippen molar-refractivity contribution in [3.63, 3.8) is 0 Å². The van der Waals surface area contributed by atoms with Crippen LogP contribution in [-0.4, -0.2) is 69.2 Å². The standard InChI is InChI=1S/C20H28N6O3S/c1-15-17(20(27)25-8-4-3-5-9-25)11-21-19(23-15)16-7-6-10-26(12-16)30(28,29)18-13-24(2)14-22-18/h11,13-14,16H,3-10,12H2,1-2H3. The van der Waals surface area contributed by atoms with Crippen LogP contribution in [0.5, 0.6) is 0 Å². The smallest absolute Gasteiger partial charge is 0.262 e. The molecule has 1 amide bonds. The van der Waals surface area contributed by atoms with Crippen molar-refractivity contribution in [3.8, 4) is 0 Å². The van der Waals surface area contributed by atoms with Gasteiger partial charge in [0.05, 0.1) is 17.6 Å². The van der Waals surface area contributed by atoms with Crippen LogP contribution in [0, 0.1) is 6.92 Å². The van der Waals surface area contributed by atoms with Gasteiger partial charge in [0, 0.05) is 51.5 Å². The summed E-state index contributed by atoms with van der Waals surface area (Å²) in [6.07, 6.45) is 9.39. The summed E-state index contributed by atoms with van der Waals surface area (Å²) in [6, 6.07) is 0. The molecule has 0 N–H and O–H groups in total. The Morgan fingerprint density at radius 1 is 1.10 bits per heavy atom. The lowest BCUT2D eigenvalue weighted by Crippen LogP contribution is -2.40. The predicted molar refractivity (Wildman–Crippen MR) is 110 cm³/mol. The van der Waals surface area contributed by atoms with Crippen LogP contribution in [0.3, 0.4) is 0 Å². The van der Waals surface area contributed by atoms with Crippen molar-refractivity contribution < 1.29 is 13.2 Å². The van der Waals surface area contributed by atoms with Crippen molar-refractivity contribution in [2.24, 2.45) is 7.05 Å². The number of amides is 1. The van der Waals surface area contributed by atoms with Crippen molar-refractivity contribution in [1.29, 1.82) is 0 Å². The molecule has 2 saturated heterocycles. The number of nitrogens with zero attached hydrogens (tertiary/aromatic N) is 6. The minimum atomic E-state index is -3.64. The van der Waals surface area contributed by atoms with Crippen molar-refractivity contribution in [2.75, 3.05) is 26.2 Å². The Morgan fingerprint density at radius 3 is 2.53 bits per heavy atom. The average molecular weight is 433 g/mol. The van der Waals surface area contributed by atoms with Crippen molar-refractivity contribution in [3.05, 3.63) is 35.8 Å². The second kappa shape index (κ2) is 8.43. The van der Waals surface area contributed by atoms with E-state index in [0.717, 1.165) is 45.2 Å². The third-order valence-electron chi connectivity index (χ3n) is 5.91. The van der Waals surface area contributed by atoms with Crippen LogP contribution in [0.25, 0.3) is 0 Å². The molecule has 2 fully saturated rings. The maximum absolute atomic E-state index is 12.9. The molecule has 4 rings (SSSR count). The van der Waals surface area contributed by atoms with Crippen LogP contribution < -0.4 is 0 Å². The number of carbonyl (C=O) groups excluding carboxylic acids is 1. The fourth-order valence-corrected chi connectivity index (χ4v) is 5.67. The molecule has 30 heavy (non-hydrogen) atoms. The average Bonchev–Trinajstić information content (AvgIpc) is 3.21. The SMILES string of the molecule is Cc1nc(C2CCCN(S(=O)(=O)c3cn(C)cn3)C2)ncc1C(=O)N1CCCCC1. The van der Waals surface area contributed by atoms with Gasteiger partial charge in [-0.2, -0.15) is 4.31 Å². The number of sulfonamides is 1. The zero-order chi connectivity index (χ0) is 21.3. The molecule has 0 spiro atoms. The summed E-state index contributed by atoms with van der Waals surface area (Å²) < 4.78 is 28.9. The Kier molecular flexibility index (Phi) is 5.88. The molecule has 4 heterocycles. The van der Waals surface area contributed by atoms with Crippen LogP contribution in [0.15, 0.2) is 23.7 Å². The summed E-state index contributed by atoms with van der Waals surface area (Å²) in [4.78, 5) is 27.8. The molecule has 162 valence electrons. The molecule has 2 aliphatic heterocycles. The number of aryl methyl sites for hydroxylation is 2. The number of imidazole rings is 1. The van der Waals surface area contributed by atoms with E-state index in [4.69, 9.17) is 0 Å². The molecule has 0 saturated carbocycles. The molecule has 2 aliphatic rings. The molecule has 0 aromatic carbocycles. The van der Waals surface area contributed by atoms with Gasteiger partial charge in [-0.05, 0) is 39.0 Å². The van der Waals surface area contributed by atoms with E-state index in [1.165, 1.54) is 16.8 Å². The van der Waals surface area contributed by atoms with Gasteiger partial charge in [0.2, 0.25) is 0 Å². The summed E-state index contributed by atoms with van der Waals surface area (Å²) in [5.74, 6) is 0.487. The lowest BCUT2D eigenvalue weighted by Gasteiger charge is -2.31. The van der Waals surface area contributed by atoms with Gasteiger partial charge in [-0.1, -0.05) is 0 Å². The van der Waals surface area contributed by atoms with E-state index >= 15 is 0 Å². The minimum absolute atomic E-state index is 0.0123. The van der Waals surface area contributed by atoms with Crippen molar-refractivity contribution >= 4 is 15.9 Å². The van der Waals surface area contributed by atoms with Crippen LogP contribution in [-0.2, 0) is 17.1 Å². The van der Waals surface area contributed by atoms with Crippen LogP contribution in [0.4, 0.5) is 0 Å². The summed E-state index contributed by atoms with van der Waals surface area (Å²) in [7, 11) is -1.90. The first-order valence-electron chi connectivity index (χ1n) is 10.5. The second-order valence-electron chi connectivity index (χ2n) is 8.16. The quantitative estimate of drug-likeness (QED) is 0.729. The molecular weight excluding hydrogens is 404 g/mol. The molecule has 0 aliphatic carbocycles. The Balaban J connectivity index is 1.51. The number of hydrogen-bond donors (Lipinski definition) is 0. The molecule has 1 atom stereocenters. The highest BCUT2D eigenvalue weighted by Gasteiger charge is 2.33. The lowest BCUT2D eigenvalue weighted by molar-refractivity contribution is 0.0722.